The standard InChI is InChI=1S/C52H101NO3/c1-3-5-7-9-11-13-15-17-19-21-23-24-25-26-27-28-30-31-33-35-37-39-41-43-45-47-51(55)50(49-54)53-52(56)48-46-44-42-40-38-36-34-32-29-22-20-18-16-14-12-10-8-6-4-2/h37,39,45,47,50-51,54-55H,3-36,38,40-44,46,48-49H2,1-2H3,(H,53,56)/b39-37+,47-45+. The first-order valence-electron chi connectivity index (χ1n) is 25.6. The van der Waals surface area contributed by atoms with Gasteiger partial charge in [0.25, 0.3) is 0 Å². The summed E-state index contributed by atoms with van der Waals surface area (Å²) in [6.45, 7) is 4.33. The van der Waals surface area contributed by atoms with E-state index in [1.165, 1.54) is 231 Å². The zero-order chi connectivity index (χ0) is 40.7. The predicted octanol–water partition coefficient (Wildman–Crippen LogP) is 16.4. The van der Waals surface area contributed by atoms with Gasteiger partial charge in [-0.25, -0.2) is 0 Å². The number of carbonyl (C=O) groups excluding carboxylic acids is 1. The lowest BCUT2D eigenvalue weighted by molar-refractivity contribution is -0.123. The highest BCUT2D eigenvalue weighted by Crippen LogP contribution is 2.17. The minimum absolute atomic E-state index is 0.0683. The molecule has 4 nitrogen and oxygen atoms in total. The van der Waals surface area contributed by atoms with Crippen LogP contribution in [0.4, 0.5) is 0 Å². The maximum Gasteiger partial charge on any atom is 0.220 e. The van der Waals surface area contributed by atoms with Crippen LogP contribution in [0.5, 0.6) is 0 Å². The molecule has 0 saturated carbocycles. The normalized spacial score (nSPS) is 13.0. The molecule has 0 bridgehead atoms. The number of aliphatic hydroxyl groups excluding tert-OH is 2. The van der Waals surface area contributed by atoms with Crippen molar-refractivity contribution >= 4 is 5.91 Å². The monoisotopic (exact) mass is 788 g/mol. The Kier molecular flexibility index (Phi) is 47.3. The Labute approximate surface area is 351 Å². The van der Waals surface area contributed by atoms with Gasteiger partial charge in [-0.3, -0.25) is 4.79 Å². The summed E-state index contributed by atoms with van der Waals surface area (Å²) in [4.78, 5) is 12.4. The van der Waals surface area contributed by atoms with E-state index in [1.54, 1.807) is 6.08 Å². The van der Waals surface area contributed by atoms with E-state index in [0.717, 1.165) is 32.1 Å². The second-order valence-electron chi connectivity index (χ2n) is 17.6. The lowest BCUT2D eigenvalue weighted by atomic mass is 10.0. The molecule has 0 aromatic carbocycles. The molecule has 1 amide bonds. The number of unbranched alkanes of at least 4 members (excludes halogenated alkanes) is 38. The first kappa shape index (κ1) is 54.9. The van der Waals surface area contributed by atoms with Gasteiger partial charge in [-0.2, -0.15) is 0 Å². The van der Waals surface area contributed by atoms with E-state index in [4.69, 9.17) is 0 Å². The van der Waals surface area contributed by atoms with Crippen LogP contribution in [0.1, 0.15) is 284 Å². The lowest BCUT2D eigenvalue weighted by Crippen LogP contribution is -2.45. The number of aliphatic hydroxyl groups is 2. The molecule has 0 heterocycles. The molecule has 0 aliphatic heterocycles. The largest absolute Gasteiger partial charge is 0.394 e. The Morgan fingerprint density at radius 3 is 1.04 bits per heavy atom. The minimum Gasteiger partial charge on any atom is -0.394 e. The molecule has 2 unspecified atom stereocenters. The van der Waals surface area contributed by atoms with Crippen LogP contribution in [0.25, 0.3) is 0 Å². The summed E-state index contributed by atoms with van der Waals surface area (Å²) in [7, 11) is 0. The van der Waals surface area contributed by atoms with Crippen LogP contribution in [0.2, 0.25) is 0 Å². The quantitative estimate of drug-likeness (QED) is 0.0425. The van der Waals surface area contributed by atoms with Crippen molar-refractivity contribution in [2.75, 3.05) is 6.61 Å². The Morgan fingerprint density at radius 2 is 0.696 bits per heavy atom. The van der Waals surface area contributed by atoms with E-state index in [-0.39, 0.29) is 12.5 Å². The van der Waals surface area contributed by atoms with Gasteiger partial charge in [0.05, 0.1) is 18.8 Å². The summed E-state index contributed by atoms with van der Waals surface area (Å²) in [5.74, 6) is -0.0683. The van der Waals surface area contributed by atoms with Crippen LogP contribution in [-0.4, -0.2) is 34.9 Å². The molecule has 0 aromatic rings. The summed E-state index contributed by atoms with van der Waals surface area (Å²) >= 11 is 0. The van der Waals surface area contributed by atoms with Gasteiger partial charge in [0.2, 0.25) is 5.91 Å². The highest BCUT2D eigenvalue weighted by Gasteiger charge is 2.17. The maximum absolute atomic E-state index is 12.4. The minimum atomic E-state index is -0.859. The Morgan fingerprint density at radius 1 is 0.411 bits per heavy atom. The van der Waals surface area contributed by atoms with Crippen molar-refractivity contribution in [3.8, 4) is 0 Å². The Hall–Kier alpha value is -1.13. The molecule has 0 spiro atoms. The average Bonchev–Trinajstić information content (AvgIpc) is 3.20. The van der Waals surface area contributed by atoms with Gasteiger partial charge >= 0.3 is 0 Å². The second kappa shape index (κ2) is 48.2. The zero-order valence-electron chi connectivity index (χ0n) is 38.2. The molecule has 0 aromatic heterocycles. The number of hydrogen-bond donors (Lipinski definition) is 3. The van der Waals surface area contributed by atoms with Gasteiger partial charge in [0.1, 0.15) is 0 Å². The van der Waals surface area contributed by atoms with Crippen molar-refractivity contribution in [3.63, 3.8) is 0 Å². The fraction of sp³-hybridized carbons (Fsp3) is 0.904. The number of allylic oxidation sites excluding steroid dienone is 3. The van der Waals surface area contributed by atoms with Crippen LogP contribution < -0.4 is 5.32 Å². The van der Waals surface area contributed by atoms with Crippen molar-refractivity contribution in [2.24, 2.45) is 0 Å². The zero-order valence-corrected chi connectivity index (χ0v) is 38.2. The third-order valence-electron chi connectivity index (χ3n) is 11.9. The predicted molar refractivity (Wildman–Crippen MR) is 249 cm³/mol. The fourth-order valence-electron chi connectivity index (χ4n) is 8.02. The summed E-state index contributed by atoms with van der Waals surface area (Å²) in [6.07, 6.45) is 63.2. The molecular formula is C52H101NO3. The van der Waals surface area contributed by atoms with E-state index in [9.17, 15) is 15.0 Å². The van der Waals surface area contributed by atoms with Crippen LogP contribution >= 0.6 is 0 Å². The third kappa shape index (κ3) is 44.0. The molecule has 0 radical (unpaired) electrons. The summed E-state index contributed by atoms with van der Waals surface area (Å²) in [5, 5.41) is 23.1. The van der Waals surface area contributed by atoms with Crippen molar-refractivity contribution in [3.05, 3.63) is 24.3 Å². The maximum atomic E-state index is 12.4. The summed E-state index contributed by atoms with van der Waals surface area (Å²) in [5.41, 5.74) is 0. The van der Waals surface area contributed by atoms with E-state index in [2.05, 4.69) is 31.3 Å². The average molecular weight is 788 g/mol. The van der Waals surface area contributed by atoms with Crippen LogP contribution in [0.15, 0.2) is 24.3 Å². The summed E-state index contributed by atoms with van der Waals surface area (Å²) in [6, 6.07) is -0.635. The molecule has 2 atom stereocenters. The molecule has 332 valence electrons. The van der Waals surface area contributed by atoms with Crippen molar-refractivity contribution in [1.82, 2.24) is 5.32 Å². The molecule has 0 saturated heterocycles. The smallest absolute Gasteiger partial charge is 0.220 e. The van der Waals surface area contributed by atoms with E-state index in [1.807, 2.05) is 6.08 Å². The Balaban J connectivity index is 3.53. The molecule has 0 rings (SSSR count). The highest BCUT2D eigenvalue weighted by molar-refractivity contribution is 5.76. The topological polar surface area (TPSA) is 69.6 Å². The summed E-state index contributed by atoms with van der Waals surface area (Å²) < 4.78 is 0. The molecule has 0 aliphatic carbocycles. The fourth-order valence-corrected chi connectivity index (χ4v) is 8.02. The molecule has 56 heavy (non-hydrogen) atoms. The number of nitrogens with one attached hydrogen (secondary N) is 1. The SMILES string of the molecule is CCCCCCCCCCCCCCCCCCCCC/C=C/CC/C=C/C(O)C(CO)NC(=O)CCCCCCCCCCCCCCCCCCCCC. The van der Waals surface area contributed by atoms with Gasteiger partial charge in [-0.1, -0.05) is 269 Å². The molecule has 0 fully saturated rings. The molecule has 4 heteroatoms. The third-order valence-corrected chi connectivity index (χ3v) is 11.9. The van der Waals surface area contributed by atoms with E-state index in [0.29, 0.717) is 6.42 Å². The highest BCUT2D eigenvalue weighted by atomic mass is 16.3. The Bertz CT molecular complexity index is 810. The van der Waals surface area contributed by atoms with Crippen molar-refractivity contribution in [2.45, 2.75) is 296 Å². The van der Waals surface area contributed by atoms with Gasteiger partial charge in [0.15, 0.2) is 0 Å². The van der Waals surface area contributed by atoms with Gasteiger partial charge in [-0.15, -0.1) is 0 Å². The van der Waals surface area contributed by atoms with Gasteiger partial charge in [-0.05, 0) is 32.1 Å². The van der Waals surface area contributed by atoms with E-state index >= 15 is 0 Å². The van der Waals surface area contributed by atoms with Crippen molar-refractivity contribution < 1.29 is 15.0 Å². The van der Waals surface area contributed by atoms with Crippen LogP contribution in [0.3, 0.4) is 0 Å². The molecule has 0 aliphatic rings. The number of hydrogen-bond acceptors (Lipinski definition) is 3. The number of amides is 1. The molecular weight excluding hydrogens is 687 g/mol. The molecule has 3 N–H and O–H groups in total. The lowest BCUT2D eigenvalue weighted by Gasteiger charge is -2.19. The van der Waals surface area contributed by atoms with Crippen LogP contribution in [-0.2, 0) is 4.79 Å². The second-order valence-corrected chi connectivity index (χ2v) is 17.6. The van der Waals surface area contributed by atoms with Gasteiger partial charge < -0.3 is 15.5 Å². The van der Waals surface area contributed by atoms with Crippen LogP contribution in [0, 0.1) is 0 Å². The number of carbonyl (C=O) groups is 1. The first-order chi connectivity index (χ1) is 27.7. The number of rotatable bonds is 47. The first-order valence-corrected chi connectivity index (χ1v) is 25.6. The van der Waals surface area contributed by atoms with Gasteiger partial charge in [0, 0.05) is 6.42 Å². The van der Waals surface area contributed by atoms with Crippen molar-refractivity contribution in [1.29, 1.82) is 0 Å². The van der Waals surface area contributed by atoms with E-state index < -0.39 is 12.1 Å².